The van der Waals surface area contributed by atoms with Gasteiger partial charge in [0, 0.05) is 12.5 Å². The topological polar surface area (TPSA) is 125 Å². The molecule has 1 aliphatic heterocycles. The summed E-state index contributed by atoms with van der Waals surface area (Å²) in [5.74, 6) is -1.23. The normalized spacial score (nSPS) is 19.6. The second kappa shape index (κ2) is 13.2. The quantitative estimate of drug-likeness (QED) is 0.408. The molecule has 34 heavy (non-hydrogen) atoms. The summed E-state index contributed by atoms with van der Waals surface area (Å²) in [5, 5.41) is 15.1. The second-order valence-corrected chi connectivity index (χ2v) is 9.89. The van der Waals surface area contributed by atoms with Crippen LogP contribution in [0.1, 0.15) is 39.2 Å². The van der Waals surface area contributed by atoms with E-state index in [1.165, 1.54) is 16.7 Å². The van der Waals surface area contributed by atoms with Crippen LogP contribution in [0.4, 0.5) is 4.79 Å². The molecule has 9 nitrogen and oxygen atoms in total. The number of carbonyl (C=O) groups excluding carboxylic acids is 3. The van der Waals surface area contributed by atoms with Gasteiger partial charge in [0.2, 0.25) is 11.8 Å². The van der Waals surface area contributed by atoms with Gasteiger partial charge in [0.15, 0.2) is 0 Å². The van der Waals surface area contributed by atoms with Crippen molar-refractivity contribution in [2.75, 3.05) is 18.6 Å². The first-order valence-electron chi connectivity index (χ1n) is 11.5. The summed E-state index contributed by atoms with van der Waals surface area (Å²) in [7, 11) is 0. The Kier molecular flexibility index (Phi) is 10.7. The summed E-state index contributed by atoms with van der Waals surface area (Å²) in [4.78, 5) is 51.6. The van der Waals surface area contributed by atoms with Gasteiger partial charge in [-0.15, -0.1) is 0 Å². The number of likely N-dealkylation sites (tertiary alicyclic amines) is 1. The Morgan fingerprint density at radius 1 is 1.24 bits per heavy atom. The van der Waals surface area contributed by atoms with E-state index >= 15 is 0 Å². The van der Waals surface area contributed by atoms with E-state index in [2.05, 4.69) is 10.6 Å². The van der Waals surface area contributed by atoms with Gasteiger partial charge in [-0.05, 0) is 43.3 Å². The molecule has 0 aliphatic carbocycles. The van der Waals surface area contributed by atoms with Crippen molar-refractivity contribution in [2.24, 2.45) is 5.92 Å². The van der Waals surface area contributed by atoms with Gasteiger partial charge in [-0.25, -0.2) is 9.59 Å². The Morgan fingerprint density at radius 3 is 2.50 bits per heavy atom. The first-order chi connectivity index (χ1) is 16.1. The van der Waals surface area contributed by atoms with Gasteiger partial charge in [-0.2, -0.15) is 11.8 Å². The van der Waals surface area contributed by atoms with Crippen LogP contribution in [-0.2, 0) is 25.5 Å². The van der Waals surface area contributed by atoms with E-state index in [4.69, 9.17) is 4.74 Å². The highest BCUT2D eigenvalue weighted by atomic mass is 32.2. The van der Waals surface area contributed by atoms with Crippen LogP contribution in [0, 0.1) is 5.92 Å². The van der Waals surface area contributed by atoms with E-state index in [9.17, 15) is 24.3 Å². The van der Waals surface area contributed by atoms with Crippen molar-refractivity contribution in [1.29, 1.82) is 0 Å². The minimum Gasteiger partial charge on any atom is -0.480 e. The van der Waals surface area contributed by atoms with Crippen molar-refractivity contribution in [1.82, 2.24) is 15.5 Å². The average Bonchev–Trinajstić information content (AvgIpc) is 3.06. The van der Waals surface area contributed by atoms with E-state index in [1.807, 2.05) is 50.4 Å². The Labute approximate surface area is 205 Å². The van der Waals surface area contributed by atoms with E-state index in [0.717, 1.165) is 5.56 Å². The molecule has 1 fully saturated rings. The smallest absolute Gasteiger partial charge is 0.407 e. The maximum absolute atomic E-state index is 13.2. The van der Waals surface area contributed by atoms with Crippen molar-refractivity contribution < 1.29 is 29.0 Å². The number of thioether (sulfide) groups is 1. The number of carbonyl (C=O) groups is 4. The fourth-order valence-corrected chi connectivity index (χ4v) is 4.35. The Morgan fingerprint density at radius 2 is 1.91 bits per heavy atom. The van der Waals surface area contributed by atoms with Crippen LogP contribution in [0.25, 0.3) is 0 Å². The summed E-state index contributed by atoms with van der Waals surface area (Å²) < 4.78 is 5.13. The lowest BCUT2D eigenvalue weighted by Crippen LogP contribution is -2.53. The number of nitrogens with one attached hydrogen (secondary N) is 2. The van der Waals surface area contributed by atoms with Crippen molar-refractivity contribution in [3.63, 3.8) is 0 Å². The second-order valence-electron chi connectivity index (χ2n) is 8.91. The number of rotatable bonds is 12. The summed E-state index contributed by atoms with van der Waals surface area (Å²) in [6.45, 7) is 5.82. The molecular formula is C24H35N3O6S. The lowest BCUT2D eigenvalue weighted by atomic mass is 10.0. The molecule has 0 bridgehead atoms. The van der Waals surface area contributed by atoms with Crippen molar-refractivity contribution in [3.8, 4) is 0 Å². The van der Waals surface area contributed by atoms with Gasteiger partial charge >= 0.3 is 12.1 Å². The van der Waals surface area contributed by atoms with Crippen LogP contribution in [-0.4, -0.2) is 76.7 Å². The number of hydrogen-bond donors (Lipinski definition) is 3. The maximum Gasteiger partial charge on any atom is 0.407 e. The van der Waals surface area contributed by atoms with E-state index in [0.29, 0.717) is 12.2 Å². The third-order valence-corrected chi connectivity index (χ3v) is 6.22. The van der Waals surface area contributed by atoms with Gasteiger partial charge in [0.1, 0.15) is 18.1 Å². The van der Waals surface area contributed by atoms with Crippen molar-refractivity contribution in [3.05, 3.63) is 35.9 Å². The zero-order chi connectivity index (χ0) is 25.3. The number of amides is 3. The number of ether oxygens (including phenoxy) is 1. The lowest BCUT2D eigenvalue weighted by molar-refractivity contribution is -0.150. The molecule has 0 radical (unpaired) electrons. The van der Waals surface area contributed by atoms with Crippen LogP contribution in [0.2, 0.25) is 0 Å². The molecule has 188 valence electrons. The van der Waals surface area contributed by atoms with Gasteiger partial charge in [-0.3, -0.25) is 9.59 Å². The molecule has 10 heteroatoms. The van der Waals surface area contributed by atoms with E-state index in [1.54, 1.807) is 6.92 Å². The molecule has 1 aromatic rings. The molecule has 1 aromatic carbocycles. The predicted molar refractivity (Wildman–Crippen MR) is 131 cm³/mol. The molecule has 1 aliphatic rings. The lowest BCUT2D eigenvalue weighted by Gasteiger charge is -2.29. The van der Waals surface area contributed by atoms with Crippen LogP contribution >= 0.6 is 11.8 Å². The fourth-order valence-electron chi connectivity index (χ4n) is 3.88. The highest BCUT2D eigenvalue weighted by Crippen LogP contribution is 2.24. The molecule has 1 heterocycles. The standard InChI is InChI=1S/C24H35N3O6S/c1-15(2)14-33-24(32)26-18(10-11-34-4)21(28)25-19-12-16(3)27(22(19)29)20(23(30)31)13-17-8-6-5-7-9-17/h5-9,15-16,18-20H,10-14H2,1-4H3,(H,25,28)(H,26,32)(H,30,31). The predicted octanol–water partition coefficient (Wildman–Crippen LogP) is 2.29. The first kappa shape index (κ1) is 27.5. The molecule has 0 spiro atoms. The van der Waals surface area contributed by atoms with E-state index in [-0.39, 0.29) is 31.4 Å². The summed E-state index contributed by atoms with van der Waals surface area (Å²) in [6, 6.07) is 6.01. The van der Waals surface area contributed by atoms with Gasteiger partial charge in [0.05, 0.1) is 6.61 Å². The summed E-state index contributed by atoms with van der Waals surface area (Å²) in [6.07, 6.45) is 2.04. The van der Waals surface area contributed by atoms with Crippen LogP contribution in [0.15, 0.2) is 30.3 Å². The van der Waals surface area contributed by atoms with Gasteiger partial charge < -0.3 is 25.4 Å². The van der Waals surface area contributed by atoms with Gasteiger partial charge in [0.25, 0.3) is 0 Å². The fraction of sp³-hybridized carbons (Fsp3) is 0.583. The van der Waals surface area contributed by atoms with Crippen molar-refractivity contribution in [2.45, 2.75) is 64.2 Å². The van der Waals surface area contributed by atoms with Gasteiger partial charge in [-0.1, -0.05) is 44.2 Å². The molecule has 2 rings (SSSR count). The average molecular weight is 494 g/mol. The summed E-state index contributed by atoms with van der Waals surface area (Å²) in [5.41, 5.74) is 0.809. The minimum absolute atomic E-state index is 0.158. The number of carboxylic acids is 1. The Bertz CT molecular complexity index is 850. The zero-order valence-electron chi connectivity index (χ0n) is 20.2. The number of alkyl carbamates (subject to hydrolysis) is 1. The highest BCUT2D eigenvalue weighted by molar-refractivity contribution is 7.98. The molecular weight excluding hydrogens is 458 g/mol. The molecule has 4 atom stereocenters. The van der Waals surface area contributed by atoms with Crippen LogP contribution in [0.3, 0.4) is 0 Å². The largest absolute Gasteiger partial charge is 0.480 e. The number of hydrogen-bond acceptors (Lipinski definition) is 6. The van der Waals surface area contributed by atoms with Crippen LogP contribution < -0.4 is 10.6 Å². The zero-order valence-corrected chi connectivity index (χ0v) is 21.0. The third-order valence-electron chi connectivity index (χ3n) is 5.58. The SMILES string of the molecule is CSCCC(NC(=O)OCC(C)C)C(=O)NC1CC(C)N(C(Cc2ccccc2)C(=O)O)C1=O. The Balaban J connectivity index is 2.07. The minimum atomic E-state index is -1.09. The number of nitrogens with zero attached hydrogens (tertiary/aromatic N) is 1. The molecule has 3 N–H and O–H groups in total. The Hall–Kier alpha value is -2.75. The molecule has 3 amide bonds. The highest BCUT2D eigenvalue weighted by Gasteiger charge is 2.44. The monoisotopic (exact) mass is 493 g/mol. The molecule has 1 saturated heterocycles. The van der Waals surface area contributed by atoms with E-state index < -0.39 is 42.0 Å². The molecule has 4 unspecified atom stereocenters. The maximum atomic E-state index is 13.2. The molecule has 0 aromatic heterocycles. The number of benzene rings is 1. The number of carboxylic acid groups (broad SMARTS) is 1. The molecule has 0 saturated carbocycles. The third kappa shape index (κ3) is 7.93. The summed E-state index contributed by atoms with van der Waals surface area (Å²) >= 11 is 1.53. The first-order valence-corrected chi connectivity index (χ1v) is 12.8. The number of aliphatic carboxylic acids is 1. The van der Waals surface area contributed by atoms with Crippen LogP contribution in [0.5, 0.6) is 0 Å². The van der Waals surface area contributed by atoms with Crippen molar-refractivity contribution >= 4 is 35.6 Å².